The summed E-state index contributed by atoms with van der Waals surface area (Å²) in [5, 5.41) is 11.3. The molecule has 3 N–H and O–H groups in total. The van der Waals surface area contributed by atoms with Gasteiger partial charge in [0.1, 0.15) is 11.3 Å². The standard InChI is InChI=1S/C23H23N3O7/c1-25-9-8-12-10-15-19(33-11-32-15)20(31-3)16(12)18(25)17-21(27)24-23(29)26(22(17)28)13-4-6-14(30-2)7-5-13/h4-7,10,18,28H,8-9,11H2,1-3H3,(H,24,27,29)/p+1/t18-/m0/s1. The van der Waals surface area contributed by atoms with E-state index >= 15 is 0 Å². The predicted octanol–water partition coefficient (Wildman–Crippen LogP) is 0.137. The number of H-pyrrole nitrogens is 1. The second-order valence-corrected chi connectivity index (χ2v) is 8.03. The molecule has 0 radical (unpaired) electrons. The Labute approximate surface area is 188 Å². The Morgan fingerprint density at radius 2 is 1.88 bits per heavy atom. The summed E-state index contributed by atoms with van der Waals surface area (Å²) in [6.45, 7) is 0.775. The number of rotatable bonds is 4. The van der Waals surface area contributed by atoms with Crippen molar-refractivity contribution in [1.82, 2.24) is 9.55 Å². The van der Waals surface area contributed by atoms with Crippen LogP contribution in [0.15, 0.2) is 39.9 Å². The third-order valence-electron chi connectivity index (χ3n) is 6.26. The highest BCUT2D eigenvalue weighted by Gasteiger charge is 2.41. The van der Waals surface area contributed by atoms with Crippen LogP contribution in [-0.4, -0.2) is 49.3 Å². The van der Waals surface area contributed by atoms with Gasteiger partial charge in [-0.25, -0.2) is 9.36 Å². The third-order valence-corrected chi connectivity index (χ3v) is 6.26. The Balaban J connectivity index is 1.76. The van der Waals surface area contributed by atoms with Crippen LogP contribution in [-0.2, 0) is 6.42 Å². The molecule has 3 heterocycles. The second-order valence-electron chi connectivity index (χ2n) is 8.03. The minimum atomic E-state index is -0.738. The maximum atomic E-state index is 13.1. The summed E-state index contributed by atoms with van der Waals surface area (Å²) in [6.07, 6.45) is 0.724. The maximum Gasteiger partial charge on any atom is 0.335 e. The van der Waals surface area contributed by atoms with Crippen molar-refractivity contribution in [3.8, 4) is 34.6 Å². The van der Waals surface area contributed by atoms with E-state index in [1.807, 2.05) is 13.1 Å². The van der Waals surface area contributed by atoms with Crippen LogP contribution in [0.25, 0.3) is 5.69 Å². The minimum Gasteiger partial charge on any atom is -0.497 e. The SMILES string of the molecule is COc1ccc(-n2c(O)c([C@@H]3c4c(cc5c(c4OC)OCO5)CC[NH+]3C)c(=O)[nH]c2=O)cc1. The van der Waals surface area contributed by atoms with E-state index in [2.05, 4.69) is 4.98 Å². The van der Waals surface area contributed by atoms with Crippen molar-refractivity contribution >= 4 is 0 Å². The molecule has 33 heavy (non-hydrogen) atoms. The van der Waals surface area contributed by atoms with E-state index in [1.54, 1.807) is 24.3 Å². The number of nitrogens with one attached hydrogen (secondary N) is 2. The number of benzene rings is 2. The van der Waals surface area contributed by atoms with Crippen LogP contribution in [0.1, 0.15) is 22.7 Å². The number of aromatic amines is 1. The van der Waals surface area contributed by atoms with Crippen LogP contribution in [0.3, 0.4) is 0 Å². The number of likely N-dealkylation sites (N-methyl/N-ethyl adjacent to an activating group) is 1. The Bertz CT molecular complexity index is 1340. The van der Waals surface area contributed by atoms with E-state index in [1.165, 1.54) is 14.2 Å². The molecule has 0 saturated carbocycles. The third kappa shape index (κ3) is 3.21. The zero-order chi connectivity index (χ0) is 23.3. The number of fused-ring (bicyclic) bond motifs is 2. The number of hydrogen-bond acceptors (Lipinski definition) is 7. The summed E-state index contributed by atoms with van der Waals surface area (Å²) in [7, 11) is 5.00. The quantitative estimate of drug-likeness (QED) is 0.513. The van der Waals surface area contributed by atoms with Gasteiger partial charge in [-0.05, 0) is 35.9 Å². The highest BCUT2D eigenvalue weighted by Crippen LogP contribution is 2.48. The molecule has 0 fully saturated rings. The van der Waals surface area contributed by atoms with Gasteiger partial charge >= 0.3 is 5.69 Å². The average Bonchev–Trinajstić information content (AvgIpc) is 3.27. The van der Waals surface area contributed by atoms with Gasteiger partial charge < -0.3 is 29.0 Å². The van der Waals surface area contributed by atoms with Crippen molar-refractivity contribution in [2.75, 3.05) is 34.6 Å². The molecular weight excluding hydrogens is 430 g/mol. The van der Waals surface area contributed by atoms with Gasteiger partial charge in [-0.2, -0.15) is 0 Å². The molecule has 1 aromatic heterocycles. The van der Waals surface area contributed by atoms with E-state index < -0.39 is 23.2 Å². The molecule has 0 aliphatic carbocycles. The van der Waals surface area contributed by atoms with Gasteiger partial charge in [0.15, 0.2) is 17.5 Å². The number of ether oxygens (including phenoxy) is 4. The Morgan fingerprint density at radius 1 is 1.12 bits per heavy atom. The summed E-state index contributed by atoms with van der Waals surface area (Å²) in [5.41, 5.74) is 0.735. The van der Waals surface area contributed by atoms with E-state index in [4.69, 9.17) is 18.9 Å². The molecule has 0 saturated heterocycles. The molecule has 3 aromatic rings. The van der Waals surface area contributed by atoms with Crippen molar-refractivity contribution < 1.29 is 29.0 Å². The highest BCUT2D eigenvalue weighted by molar-refractivity contribution is 5.63. The van der Waals surface area contributed by atoms with Crippen LogP contribution in [0.2, 0.25) is 0 Å². The van der Waals surface area contributed by atoms with Gasteiger partial charge in [0.05, 0.1) is 39.1 Å². The number of aromatic nitrogens is 2. The van der Waals surface area contributed by atoms with Crippen LogP contribution < -0.4 is 35.1 Å². The molecule has 2 aliphatic heterocycles. The lowest BCUT2D eigenvalue weighted by atomic mass is 9.87. The summed E-state index contributed by atoms with van der Waals surface area (Å²) >= 11 is 0. The van der Waals surface area contributed by atoms with Crippen molar-refractivity contribution in [2.24, 2.45) is 0 Å². The fourth-order valence-corrected chi connectivity index (χ4v) is 4.69. The van der Waals surface area contributed by atoms with Crippen molar-refractivity contribution in [2.45, 2.75) is 12.5 Å². The van der Waals surface area contributed by atoms with E-state index in [0.717, 1.165) is 27.0 Å². The molecule has 0 amide bonds. The van der Waals surface area contributed by atoms with Gasteiger partial charge in [0.25, 0.3) is 5.56 Å². The van der Waals surface area contributed by atoms with Gasteiger partial charge in [-0.1, -0.05) is 0 Å². The summed E-state index contributed by atoms with van der Waals surface area (Å²) < 4.78 is 23.1. The molecule has 10 heteroatoms. The first kappa shape index (κ1) is 21.0. The first-order valence-corrected chi connectivity index (χ1v) is 10.5. The Morgan fingerprint density at radius 3 is 2.58 bits per heavy atom. The first-order chi connectivity index (χ1) is 15.9. The van der Waals surface area contributed by atoms with Gasteiger partial charge in [0, 0.05) is 6.42 Å². The normalized spacial score (nSPS) is 18.6. The molecule has 172 valence electrons. The largest absolute Gasteiger partial charge is 0.497 e. The lowest BCUT2D eigenvalue weighted by molar-refractivity contribution is -0.908. The van der Waals surface area contributed by atoms with Crippen molar-refractivity contribution in [3.63, 3.8) is 0 Å². The van der Waals surface area contributed by atoms with Crippen LogP contribution in [0.4, 0.5) is 0 Å². The highest BCUT2D eigenvalue weighted by atomic mass is 16.7. The zero-order valence-electron chi connectivity index (χ0n) is 18.4. The number of methoxy groups -OCH3 is 2. The van der Waals surface area contributed by atoms with Crippen LogP contribution in [0, 0.1) is 0 Å². The minimum absolute atomic E-state index is 0.0704. The molecule has 0 bridgehead atoms. The lowest BCUT2D eigenvalue weighted by Gasteiger charge is -2.33. The molecule has 2 atom stereocenters. The van der Waals surface area contributed by atoms with E-state index in [9.17, 15) is 14.7 Å². The Hall–Kier alpha value is -3.92. The predicted molar refractivity (Wildman–Crippen MR) is 117 cm³/mol. The monoisotopic (exact) mass is 454 g/mol. The summed E-state index contributed by atoms with van der Waals surface area (Å²) in [6, 6.07) is 7.89. The number of quaternary nitrogens is 1. The van der Waals surface area contributed by atoms with Gasteiger partial charge in [-0.3, -0.25) is 9.78 Å². The van der Waals surface area contributed by atoms with Crippen molar-refractivity contribution in [3.05, 3.63) is 67.9 Å². The molecule has 5 rings (SSSR count). The maximum absolute atomic E-state index is 13.1. The fourth-order valence-electron chi connectivity index (χ4n) is 4.69. The molecule has 10 nitrogen and oxygen atoms in total. The molecule has 1 unspecified atom stereocenters. The summed E-state index contributed by atoms with van der Waals surface area (Å²) in [4.78, 5) is 29.1. The fraction of sp³-hybridized carbons (Fsp3) is 0.304. The molecule has 2 aliphatic rings. The number of aromatic hydroxyl groups is 1. The van der Waals surface area contributed by atoms with E-state index in [-0.39, 0.29) is 12.4 Å². The molecule has 0 spiro atoms. The Kier molecular flexibility index (Phi) is 5.01. The zero-order valence-corrected chi connectivity index (χ0v) is 18.4. The number of hydrogen-bond donors (Lipinski definition) is 3. The topological polar surface area (TPSA) is 116 Å². The lowest BCUT2D eigenvalue weighted by Crippen LogP contribution is -3.10. The van der Waals surface area contributed by atoms with Gasteiger partial charge in [0.2, 0.25) is 18.4 Å². The average molecular weight is 454 g/mol. The molecule has 2 aromatic carbocycles. The molecular formula is C23H24N3O7+. The smallest absolute Gasteiger partial charge is 0.335 e. The first-order valence-electron chi connectivity index (χ1n) is 10.5. The van der Waals surface area contributed by atoms with Gasteiger partial charge in [-0.15, -0.1) is 0 Å². The van der Waals surface area contributed by atoms with E-state index in [0.29, 0.717) is 35.2 Å². The van der Waals surface area contributed by atoms with Crippen LogP contribution >= 0.6 is 0 Å². The summed E-state index contributed by atoms with van der Waals surface area (Å²) in [5.74, 6) is 1.69. The second kappa shape index (κ2) is 7.89. The van der Waals surface area contributed by atoms with Crippen molar-refractivity contribution in [1.29, 1.82) is 0 Å². The van der Waals surface area contributed by atoms with Crippen LogP contribution in [0.5, 0.6) is 28.9 Å². The number of nitrogens with zero attached hydrogens (tertiary/aromatic N) is 1.